The number of rotatable bonds is 7. The van der Waals surface area contributed by atoms with Gasteiger partial charge in [-0.25, -0.2) is 9.18 Å². The number of ether oxygens (including phenoxy) is 2. The number of carbonyl (C=O) groups is 3. The number of hydrogen-bond acceptors (Lipinski definition) is 8. The van der Waals surface area contributed by atoms with Gasteiger partial charge >= 0.3 is 12.1 Å². The number of hydrogen-bond donors (Lipinski definition) is 1. The van der Waals surface area contributed by atoms with E-state index in [1.54, 1.807) is 6.07 Å². The summed E-state index contributed by atoms with van der Waals surface area (Å²) in [4.78, 5) is 35.6. The van der Waals surface area contributed by atoms with Crippen molar-refractivity contribution in [2.24, 2.45) is 0 Å². The van der Waals surface area contributed by atoms with Crippen molar-refractivity contribution in [2.45, 2.75) is 25.9 Å². The predicted octanol–water partition coefficient (Wildman–Crippen LogP) is 1.91. The number of anilines is 1. The van der Waals surface area contributed by atoms with E-state index >= 15 is 0 Å². The zero-order valence-electron chi connectivity index (χ0n) is 15.8. The number of methoxy groups -OCH3 is 1. The lowest BCUT2D eigenvalue weighted by atomic mass is 10.2. The van der Waals surface area contributed by atoms with E-state index in [2.05, 4.69) is 20.3 Å². The van der Waals surface area contributed by atoms with Gasteiger partial charge in [0.05, 0.1) is 32.3 Å². The SMILES string of the molecule is COC(=O)CCc1nnc(-c2ccc(N3C[C@H](CNC(C)=O)OC3=O)cc2F)s1. The Labute approximate surface area is 169 Å². The molecule has 9 nitrogen and oxygen atoms in total. The molecule has 3 rings (SSSR count). The van der Waals surface area contributed by atoms with Crippen molar-refractivity contribution < 1.29 is 28.2 Å². The van der Waals surface area contributed by atoms with E-state index < -0.39 is 18.0 Å². The van der Waals surface area contributed by atoms with Gasteiger partial charge in [0.25, 0.3) is 0 Å². The Morgan fingerprint density at radius 2 is 2.21 bits per heavy atom. The van der Waals surface area contributed by atoms with Crippen LogP contribution in [0.2, 0.25) is 0 Å². The van der Waals surface area contributed by atoms with Crippen LogP contribution in [0.4, 0.5) is 14.9 Å². The molecule has 0 spiro atoms. The summed E-state index contributed by atoms with van der Waals surface area (Å²) in [5, 5.41) is 11.5. The van der Waals surface area contributed by atoms with Gasteiger partial charge in [-0.3, -0.25) is 14.5 Å². The van der Waals surface area contributed by atoms with Crippen LogP contribution in [-0.4, -0.2) is 54.5 Å². The second-order valence-corrected chi connectivity index (χ2v) is 7.36. The molecular formula is C18H19FN4O5S. The fourth-order valence-electron chi connectivity index (χ4n) is 2.72. The average molecular weight is 422 g/mol. The van der Waals surface area contributed by atoms with Gasteiger partial charge in [0.1, 0.15) is 16.9 Å². The molecule has 1 atom stereocenters. The normalized spacial score (nSPS) is 15.9. The van der Waals surface area contributed by atoms with E-state index in [1.165, 1.54) is 42.4 Å². The lowest BCUT2D eigenvalue weighted by Crippen LogP contribution is -2.33. The van der Waals surface area contributed by atoms with Gasteiger partial charge in [0.2, 0.25) is 5.91 Å². The minimum Gasteiger partial charge on any atom is -0.469 e. The number of amides is 2. The van der Waals surface area contributed by atoms with Crippen LogP contribution in [0.25, 0.3) is 10.6 Å². The summed E-state index contributed by atoms with van der Waals surface area (Å²) < 4.78 is 24.4. The third kappa shape index (κ3) is 5.05. The molecule has 1 aliphatic rings. The van der Waals surface area contributed by atoms with Crippen LogP contribution in [0.1, 0.15) is 18.4 Å². The van der Waals surface area contributed by atoms with Crippen LogP contribution in [0, 0.1) is 5.82 Å². The smallest absolute Gasteiger partial charge is 0.414 e. The summed E-state index contributed by atoms with van der Waals surface area (Å²) in [6.07, 6.45) is -0.578. The van der Waals surface area contributed by atoms with Crippen LogP contribution in [0.15, 0.2) is 18.2 Å². The Hall–Kier alpha value is -3.08. The zero-order valence-corrected chi connectivity index (χ0v) is 16.6. The molecule has 0 saturated carbocycles. The van der Waals surface area contributed by atoms with Crippen molar-refractivity contribution in [3.63, 3.8) is 0 Å². The quantitative estimate of drug-likeness (QED) is 0.679. The largest absolute Gasteiger partial charge is 0.469 e. The van der Waals surface area contributed by atoms with Crippen LogP contribution >= 0.6 is 11.3 Å². The highest BCUT2D eigenvalue weighted by Gasteiger charge is 2.32. The molecule has 2 aromatic rings. The number of cyclic esters (lactones) is 1. The highest BCUT2D eigenvalue weighted by molar-refractivity contribution is 7.14. The molecule has 0 unspecified atom stereocenters. The van der Waals surface area contributed by atoms with Crippen LogP contribution in [0.3, 0.4) is 0 Å². The van der Waals surface area contributed by atoms with Crippen molar-refractivity contribution >= 4 is 35.0 Å². The van der Waals surface area contributed by atoms with Crippen LogP contribution in [-0.2, 0) is 25.5 Å². The summed E-state index contributed by atoms with van der Waals surface area (Å²) in [5.41, 5.74) is 0.593. The molecule has 1 aliphatic heterocycles. The molecule has 29 heavy (non-hydrogen) atoms. The monoisotopic (exact) mass is 422 g/mol. The van der Waals surface area contributed by atoms with Gasteiger partial charge in [-0.05, 0) is 18.2 Å². The standard InChI is InChI=1S/C18H19FN4O5S/c1-10(24)20-8-12-9-23(18(26)28-12)11-3-4-13(14(19)7-11)17-22-21-15(29-17)5-6-16(25)27-2/h3-4,7,12H,5-6,8-9H2,1-2H3,(H,20,24)/t12-/m0/s1. The first-order valence-corrected chi connectivity index (χ1v) is 9.60. The Kier molecular flexibility index (Phi) is 6.37. The molecule has 1 saturated heterocycles. The number of aryl methyl sites for hydroxylation is 1. The van der Waals surface area contributed by atoms with Crippen molar-refractivity contribution in [2.75, 3.05) is 25.1 Å². The molecule has 2 amide bonds. The van der Waals surface area contributed by atoms with E-state index in [-0.39, 0.29) is 37.0 Å². The first-order chi connectivity index (χ1) is 13.9. The van der Waals surface area contributed by atoms with E-state index in [0.29, 0.717) is 22.1 Å². The maximum absolute atomic E-state index is 14.7. The van der Waals surface area contributed by atoms with Crippen molar-refractivity contribution in [3.8, 4) is 10.6 Å². The van der Waals surface area contributed by atoms with Crippen molar-refractivity contribution in [3.05, 3.63) is 29.0 Å². The number of esters is 1. The number of aromatic nitrogens is 2. The van der Waals surface area contributed by atoms with Crippen LogP contribution < -0.4 is 10.2 Å². The van der Waals surface area contributed by atoms with Crippen LogP contribution in [0.5, 0.6) is 0 Å². The first-order valence-electron chi connectivity index (χ1n) is 8.79. The van der Waals surface area contributed by atoms with Crippen molar-refractivity contribution in [1.82, 2.24) is 15.5 Å². The van der Waals surface area contributed by atoms with E-state index in [0.717, 1.165) is 0 Å². The topological polar surface area (TPSA) is 111 Å². The predicted molar refractivity (Wildman–Crippen MR) is 102 cm³/mol. The van der Waals surface area contributed by atoms with E-state index in [1.807, 2.05) is 0 Å². The molecule has 154 valence electrons. The maximum Gasteiger partial charge on any atom is 0.414 e. The second kappa shape index (κ2) is 8.95. The fraction of sp³-hybridized carbons (Fsp3) is 0.389. The van der Waals surface area contributed by atoms with E-state index in [4.69, 9.17) is 4.74 Å². The Bertz CT molecular complexity index is 935. The lowest BCUT2D eigenvalue weighted by Gasteiger charge is -2.14. The summed E-state index contributed by atoms with van der Waals surface area (Å²) >= 11 is 1.19. The van der Waals surface area contributed by atoms with Crippen molar-refractivity contribution in [1.29, 1.82) is 0 Å². The molecule has 0 aliphatic carbocycles. The van der Waals surface area contributed by atoms with Gasteiger partial charge in [0.15, 0.2) is 5.01 Å². The summed E-state index contributed by atoms with van der Waals surface area (Å²) in [6, 6.07) is 4.34. The number of nitrogens with one attached hydrogen (secondary N) is 1. The third-order valence-corrected chi connectivity index (χ3v) is 5.20. The Morgan fingerprint density at radius 1 is 1.41 bits per heavy atom. The number of nitrogens with zero attached hydrogens (tertiary/aromatic N) is 3. The molecule has 1 aromatic heterocycles. The van der Waals surface area contributed by atoms with Gasteiger partial charge in [0, 0.05) is 18.9 Å². The Morgan fingerprint density at radius 3 is 2.90 bits per heavy atom. The summed E-state index contributed by atoms with van der Waals surface area (Å²) in [7, 11) is 1.31. The number of benzene rings is 1. The molecule has 2 heterocycles. The van der Waals surface area contributed by atoms with Gasteiger partial charge < -0.3 is 14.8 Å². The molecule has 0 radical (unpaired) electrons. The summed E-state index contributed by atoms with van der Waals surface area (Å²) in [5.74, 6) is -1.14. The molecular weight excluding hydrogens is 403 g/mol. The zero-order chi connectivity index (χ0) is 21.0. The highest BCUT2D eigenvalue weighted by atomic mass is 32.1. The molecule has 11 heteroatoms. The minimum atomic E-state index is -0.603. The highest BCUT2D eigenvalue weighted by Crippen LogP contribution is 2.31. The number of carbonyl (C=O) groups excluding carboxylic acids is 3. The maximum atomic E-state index is 14.7. The summed E-state index contributed by atoms with van der Waals surface area (Å²) in [6.45, 7) is 1.77. The van der Waals surface area contributed by atoms with E-state index in [9.17, 15) is 18.8 Å². The third-order valence-electron chi connectivity index (χ3n) is 4.19. The molecule has 1 N–H and O–H groups in total. The molecule has 0 bridgehead atoms. The Balaban J connectivity index is 1.69. The lowest BCUT2D eigenvalue weighted by molar-refractivity contribution is -0.140. The first kappa shape index (κ1) is 20.6. The molecule has 1 aromatic carbocycles. The second-order valence-electron chi connectivity index (χ2n) is 6.29. The van der Waals surface area contributed by atoms with Gasteiger partial charge in [-0.2, -0.15) is 0 Å². The molecule has 1 fully saturated rings. The average Bonchev–Trinajstić information content (AvgIpc) is 3.30. The minimum absolute atomic E-state index is 0.170. The van der Waals surface area contributed by atoms with Gasteiger partial charge in [-0.1, -0.05) is 11.3 Å². The van der Waals surface area contributed by atoms with Gasteiger partial charge in [-0.15, -0.1) is 10.2 Å². The fourth-order valence-corrected chi connectivity index (χ4v) is 3.58. The number of halogens is 1.